The highest BCUT2D eigenvalue weighted by molar-refractivity contribution is 7.89. The van der Waals surface area contributed by atoms with Gasteiger partial charge in [0.05, 0.1) is 16.9 Å². The highest BCUT2D eigenvalue weighted by Gasteiger charge is 2.38. The predicted octanol–water partition coefficient (Wildman–Crippen LogP) is 0.980. The number of carbonyl (C=O) groups excluding carboxylic acids is 3. The minimum absolute atomic E-state index is 0.0305. The number of hydroxylamine groups is 2. The number of carbonyl (C=O) groups is 3. The Hall–Kier alpha value is -2.26. The molecule has 0 saturated heterocycles. The van der Waals surface area contributed by atoms with Crippen LogP contribution in [0.2, 0.25) is 0 Å². The first-order valence-corrected chi connectivity index (χ1v) is 9.20. The van der Waals surface area contributed by atoms with E-state index in [0.717, 1.165) is 0 Å². The molecule has 0 saturated carbocycles. The number of nitrogens with zero attached hydrogens (tertiary/aromatic N) is 1. The van der Waals surface area contributed by atoms with Crippen molar-refractivity contribution < 1.29 is 27.6 Å². The largest absolute Gasteiger partial charge is 0.333 e. The molecule has 0 aliphatic carbocycles. The van der Waals surface area contributed by atoms with Gasteiger partial charge in [-0.15, -0.1) is 0 Å². The van der Waals surface area contributed by atoms with E-state index < -0.39 is 27.8 Å². The van der Waals surface area contributed by atoms with Crippen LogP contribution < -0.4 is 5.14 Å². The molecular weight excluding hydrogens is 336 g/mol. The minimum atomic E-state index is -3.46. The van der Waals surface area contributed by atoms with Crippen LogP contribution in [0, 0.1) is 0 Å². The van der Waals surface area contributed by atoms with Crippen LogP contribution in [0.15, 0.2) is 24.3 Å². The lowest BCUT2D eigenvalue weighted by Gasteiger charge is -2.12. The molecule has 9 heteroatoms. The van der Waals surface area contributed by atoms with Crippen LogP contribution in [0.25, 0.3) is 0 Å². The molecule has 1 aromatic carbocycles. The third-order valence-corrected chi connectivity index (χ3v) is 4.37. The van der Waals surface area contributed by atoms with Gasteiger partial charge in [0.25, 0.3) is 11.8 Å². The maximum atomic E-state index is 12.0. The van der Waals surface area contributed by atoms with Crippen molar-refractivity contribution >= 4 is 27.8 Å². The first-order chi connectivity index (χ1) is 11.3. The summed E-state index contributed by atoms with van der Waals surface area (Å²) in [5.74, 6) is -2.09. The Morgan fingerprint density at radius 1 is 1.00 bits per heavy atom. The Morgan fingerprint density at radius 2 is 1.54 bits per heavy atom. The summed E-state index contributed by atoms with van der Waals surface area (Å²) in [7, 11) is -3.46. The Kier molecular flexibility index (Phi) is 5.68. The second kappa shape index (κ2) is 7.54. The number of hydrogen-bond donors (Lipinski definition) is 1. The van der Waals surface area contributed by atoms with E-state index in [4.69, 9.17) is 9.98 Å². The predicted molar refractivity (Wildman–Crippen MR) is 84.1 cm³/mol. The zero-order valence-corrected chi connectivity index (χ0v) is 13.8. The van der Waals surface area contributed by atoms with E-state index in [0.29, 0.717) is 30.7 Å². The normalized spacial score (nSPS) is 14.0. The molecule has 24 heavy (non-hydrogen) atoms. The van der Waals surface area contributed by atoms with Crippen molar-refractivity contribution in [1.29, 1.82) is 0 Å². The van der Waals surface area contributed by atoms with E-state index in [-0.39, 0.29) is 23.3 Å². The van der Waals surface area contributed by atoms with Crippen LogP contribution >= 0.6 is 0 Å². The van der Waals surface area contributed by atoms with Crippen molar-refractivity contribution in [3.63, 3.8) is 0 Å². The number of rotatable bonds is 8. The van der Waals surface area contributed by atoms with Crippen LogP contribution in [0.4, 0.5) is 0 Å². The lowest BCUT2D eigenvalue weighted by molar-refractivity contribution is -0.168. The molecule has 0 spiro atoms. The van der Waals surface area contributed by atoms with Crippen molar-refractivity contribution in [3.8, 4) is 0 Å². The highest BCUT2D eigenvalue weighted by atomic mass is 32.2. The zero-order chi connectivity index (χ0) is 17.7. The summed E-state index contributed by atoms with van der Waals surface area (Å²) in [6, 6.07) is 6.23. The molecule has 0 atom stereocenters. The Labute approximate surface area is 139 Å². The number of unbranched alkanes of at least 4 members (excludes halogenated alkanes) is 3. The maximum Gasteiger partial charge on any atom is 0.333 e. The number of amides is 2. The van der Waals surface area contributed by atoms with Gasteiger partial charge in [-0.3, -0.25) is 9.59 Å². The molecule has 0 unspecified atom stereocenters. The van der Waals surface area contributed by atoms with E-state index in [1.54, 1.807) is 12.1 Å². The summed E-state index contributed by atoms with van der Waals surface area (Å²) in [4.78, 5) is 40.6. The number of nitrogens with two attached hydrogens (primary N) is 1. The minimum Gasteiger partial charge on any atom is -0.330 e. The molecule has 0 aromatic heterocycles. The molecule has 0 fully saturated rings. The molecule has 8 nitrogen and oxygen atoms in total. The fourth-order valence-corrected chi connectivity index (χ4v) is 2.93. The van der Waals surface area contributed by atoms with Crippen molar-refractivity contribution in [2.75, 3.05) is 5.75 Å². The van der Waals surface area contributed by atoms with E-state index in [1.165, 1.54) is 12.1 Å². The average Bonchev–Trinajstić information content (AvgIpc) is 2.75. The van der Waals surface area contributed by atoms with Gasteiger partial charge in [-0.2, -0.15) is 0 Å². The van der Waals surface area contributed by atoms with E-state index in [9.17, 15) is 22.8 Å². The molecular formula is C15H18N2O6S. The second-order valence-corrected chi connectivity index (χ2v) is 7.18. The number of imide groups is 1. The quantitative estimate of drug-likeness (QED) is 0.548. The van der Waals surface area contributed by atoms with Crippen LogP contribution in [0.5, 0.6) is 0 Å². The molecule has 1 heterocycles. The fourth-order valence-electron chi connectivity index (χ4n) is 2.32. The van der Waals surface area contributed by atoms with Gasteiger partial charge in [0.15, 0.2) is 0 Å². The third kappa shape index (κ3) is 4.62. The fraction of sp³-hybridized carbons (Fsp3) is 0.400. The van der Waals surface area contributed by atoms with Crippen molar-refractivity contribution in [2.45, 2.75) is 32.1 Å². The van der Waals surface area contributed by atoms with E-state index >= 15 is 0 Å². The van der Waals surface area contributed by atoms with Crippen LogP contribution in [-0.4, -0.2) is 37.0 Å². The second-order valence-electron chi connectivity index (χ2n) is 5.44. The first-order valence-electron chi connectivity index (χ1n) is 7.48. The first kappa shape index (κ1) is 18.1. The molecule has 2 rings (SSSR count). The summed E-state index contributed by atoms with van der Waals surface area (Å²) in [6.45, 7) is 0. The average molecular weight is 354 g/mol. The Bertz CT molecular complexity index is 724. The topological polar surface area (TPSA) is 124 Å². The summed E-state index contributed by atoms with van der Waals surface area (Å²) in [6.07, 6.45) is 2.14. The number of benzene rings is 1. The van der Waals surface area contributed by atoms with Gasteiger partial charge in [-0.1, -0.05) is 30.0 Å². The standard InChI is InChI=1S/C15H18N2O6S/c16-24(21,22)10-6-2-1-3-9-13(18)23-17-14(19)11-7-4-5-8-12(11)15(17)20/h4-5,7-8H,1-3,6,9-10H2,(H2,16,21,22). The molecule has 130 valence electrons. The molecule has 1 aliphatic heterocycles. The molecule has 2 amide bonds. The van der Waals surface area contributed by atoms with Gasteiger partial charge in [0, 0.05) is 6.42 Å². The lowest BCUT2D eigenvalue weighted by Crippen LogP contribution is -2.32. The van der Waals surface area contributed by atoms with Gasteiger partial charge >= 0.3 is 5.97 Å². The smallest absolute Gasteiger partial charge is 0.330 e. The SMILES string of the molecule is NS(=O)(=O)CCCCCCC(=O)ON1C(=O)c2ccccc2C1=O. The van der Waals surface area contributed by atoms with Crippen LogP contribution in [0.1, 0.15) is 52.8 Å². The summed E-state index contributed by atoms with van der Waals surface area (Å²) >= 11 is 0. The van der Waals surface area contributed by atoms with Gasteiger partial charge < -0.3 is 4.84 Å². The molecule has 1 aromatic rings. The molecule has 1 aliphatic rings. The molecule has 0 radical (unpaired) electrons. The maximum absolute atomic E-state index is 12.0. The summed E-state index contributed by atoms with van der Waals surface area (Å²) in [5.41, 5.74) is 0.414. The van der Waals surface area contributed by atoms with Crippen molar-refractivity contribution in [2.24, 2.45) is 5.14 Å². The number of sulfonamides is 1. The van der Waals surface area contributed by atoms with E-state index in [1.807, 2.05) is 0 Å². The van der Waals surface area contributed by atoms with Gasteiger partial charge in [0.2, 0.25) is 10.0 Å². The Balaban J connectivity index is 1.74. The molecule has 2 N–H and O–H groups in total. The number of primary sulfonamides is 1. The zero-order valence-electron chi connectivity index (χ0n) is 12.9. The van der Waals surface area contributed by atoms with Gasteiger partial charge in [-0.05, 0) is 25.0 Å². The van der Waals surface area contributed by atoms with Crippen molar-refractivity contribution in [1.82, 2.24) is 5.06 Å². The lowest BCUT2D eigenvalue weighted by atomic mass is 10.1. The highest BCUT2D eigenvalue weighted by Crippen LogP contribution is 2.23. The van der Waals surface area contributed by atoms with Gasteiger partial charge in [0.1, 0.15) is 0 Å². The number of fused-ring (bicyclic) bond motifs is 1. The van der Waals surface area contributed by atoms with Crippen LogP contribution in [-0.2, 0) is 19.7 Å². The molecule has 0 bridgehead atoms. The summed E-state index contributed by atoms with van der Waals surface area (Å²) in [5, 5.41) is 5.36. The third-order valence-electron chi connectivity index (χ3n) is 3.51. The van der Waals surface area contributed by atoms with E-state index in [2.05, 4.69) is 0 Å². The van der Waals surface area contributed by atoms with Crippen molar-refractivity contribution in [3.05, 3.63) is 35.4 Å². The number of hydrogen-bond acceptors (Lipinski definition) is 6. The van der Waals surface area contributed by atoms with Gasteiger partial charge in [-0.25, -0.2) is 18.4 Å². The Morgan fingerprint density at radius 3 is 2.08 bits per heavy atom. The van der Waals surface area contributed by atoms with Crippen LogP contribution in [0.3, 0.4) is 0 Å². The summed E-state index contributed by atoms with van der Waals surface area (Å²) < 4.78 is 21.5. The monoisotopic (exact) mass is 354 g/mol.